The number of epoxide rings is 1. The molecule has 8 nitrogen and oxygen atoms in total. The van der Waals surface area contributed by atoms with Gasteiger partial charge in [0.2, 0.25) is 0 Å². The van der Waals surface area contributed by atoms with Crippen LogP contribution in [0.2, 0.25) is 0 Å². The van der Waals surface area contributed by atoms with Gasteiger partial charge in [-0.2, -0.15) is 0 Å². The highest BCUT2D eigenvalue weighted by Gasteiger charge is 2.58. The summed E-state index contributed by atoms with van der Waals surface area (Å²) in [5.74, 6) is -2.32. The first-order valence-electron chi connectivity index (χ1n) is 9.94. The quantitative estimate of drug-likeness (QED) is 0.242. The molecule has 1 N–H and O–H groups in total. The van der Waals surface area contributed by atoms with Crippen LogP contribution in [0, 0.1) is 5.92 Å². The molecule has 2 aliphatic heterocycles. The van der Waals surface area contributed by atoms with E-state index in [1.807, 2.05) is 0 Å². The van der Waals surface area contributed by atoms with E-state index in [-0.39, 0.29) is 18.1 Å². The molecule has 0 aromatic rings. The number of hydrogen-bond donors (Lipinski definition) is 1. The van der Waals surface area contributed by atoms with Gasteiger partial charge in [-0.3, -0.25) is 4.79 Å². The zero-order valence-corrected chi connectivity index (χ0v) is 17.8. The van der Waals surface area contributed by atoms with E-state index in [0.29, 0.717) is 11.1 Å². The van der Waals surface area contributed by atoms with Crippen molar-refractivity contribution in [1.29, 1.82) is 0 Å². The number of hydrogen-bond acceptors (Lipinski definition) is 8. The number of carbonyl (C=O) groups excluding carboxylic acids is 3. The molecule has 0 radical (unpaired) electrons. The van der Waals surface area contributed by atoms with Gasteiger partial charge < -0.3 is 24.1 Å². The maximum absolute atomic E-state index is 12.7. The SMILES string of the molecule is C=C1C(=O)O[C@@H]2/C=C(/C)[C@@H](OC(C)=O)C[C@H](O)C(C)=C[C@@H](OC(=O)[C@]3(C)O[C@@H]3C)[C@@H]12. The zero-order chi connectivity index (χ0) is 22.4. The molecular formula is C22H28O8. The van der Waals surface area contributed by atoms with Crippen LogP contribution in [0.5, 0.6) is 0 Å². The van der Waals surface area contributed by atoms with E-state index >= 15 is 0 Å². The minimum Gasteiger partial charge on any atom is -0.458 e. The zero-order valence-electron chi connectivity index (χ0n) is 17.8. The molecule has 3 rings (SSSR count). The number of rotatable bonds is 3. The van der Waals surface area contributed by atoms with Crippen LogP contribution in [0.1, 0.15) is 41.0 Å². The molecule has 2 saturated heterocycles. The van der Waals surface area contributed by atoms with Gasteiger partial charge in [0.25, 0.3) is 0 Å². The molecule has 0 aromatic carbocycles. The second-order valence-corrected chi connectivity index (χ2v) is 8.33. The molecular weight excluding hydrogens is 392 g/mol. The molecule has 0 aromatic heterocycles. The summed E-state index contributed by atoms with van der Waals surface area (Å²) in [4.78, 5) is 36.5. The molecule has 0 saturated carbocycles. The third-order valence-electron chi connectivity index (χ3n) is 6.04. The van der Waals surface area contributed by atoms with Gasteiger partial charge in [0.1, 0.15) is 18.3 Å². The Morgan fingerprint density at radius 3 is 2.43 bits per heavy atom. The van der Waals surface area contributed by atoms with Crippen molar-refractivity contribution < 1.29 is 38.4 Å². The first kappa shape index (κ1) is 22.2. The summed E-state index contributed by atoms with van der Waals surface area (Å²) in [5, 5.41) is 10.7. The van der Waals surface area contributed by atoms with E-state index in [0.717, 1.165) is 0 Å². The highest BCUT2D eigenvalue weighted by molar-refractivity contribution is 5.91. The van der Waals surface area contributed by atoms with Gasteiger partial charge in [-0.15, -0.1) is 0 Å². The second kappa shape index (κ2) is 8.00. The summed E-state index contributed by atoms with van der Waals surface area (Å²) < 4.78 is 21.9. The molecule has 0 amide bonds. The van der Waals surface area contributed by atoms with Crippen molar-refractivity contribution in [3.63, 3.8) is 0 Å². The summed E-state index contributed by atoms with van der Waals surface area (Å²) in [6.45, 7) is 11.9. The number of aliphatic hydroxyl groups excluding tert-OH is 1. The molecule has 1 aliphatic carbocycles. The minimum absolute atomic E-state index is 0.120. The van der Waals surface area contributed by atoms with Gasteiger partial charge in [0.05, 0.1) is 18.1 Å². The fraction of sp³-hybridized carbons (Fsp3) is 0.591. The molecule has 7 atom stereocenters. The highest BCUT2D eigenvalue weighted by Crippen LogP contribution is 2.40. The van der Waals surface area contributed by atoms with Crippen molar-refractivity contribution >= 4 is 17.9 Å². The lowest BCUT2D eigenvalue weighted by atomic mass is 9.85. The molecule has 0 spiro atoms. The Bertz CT molecular complexity index is 840. The van der Waals surface area contributed by atoms with Crippen LogP contribution in [0.15, 0.2) is 35.5 Å². The number of esters is 3. The average molecular weight is 420 g/mol. The lowest BCUT2D eigenvalue weighted by molar-refractivity contribution is -0.155. The van der Waals surface area contributed by atoms with Gasteiger partial charge >= 0.3 is 17.9 Å². The second-order valence-electron chi connectivity index (χ2n) is 8.33. The summed E-state index contributed by atoms with van der Waals surface area (Å²) >= 11 is 0. The van der Waals surface area contributed by atoms with Gasteiger partial charge in [-0.25, -0.2) is 9.59 Å². The summed E-state index contributed by atoms with van der Waals surface area (Å²) in [5.41, 5.74) is 0.260. The van der Waals surface area contributed by atoms with Crippen molar-refractivity contribution in [3.05, 3.63) is 35.5 Å². The average Bonchev–Trinajstić information content (AvgIpc) is 3.17. The van der Waals surface area contributed by atoms with Crippen LogP contribution in [0.4, 0.5) is 0 Å². The Labute approximate surface area is 175 Å². The van der Waals surface area contributed by atoms with E-state index < -0.39 is 53.8 Å². The maximum atomic E-state index is 12.7. The normalized spacial score (nSPS) is 40.3. The van der Waals surface area contributed by atoms with E-state index in [2.05, 4.69) is 6.58 Å². The molecule has 8 heteroatoms. The molecule has 2 heterocycles. The maximum Gasteiger partial charge on any atom is 0.341 e. The first-order valence-corrected chi connectivity index (χ1v) is 9.94. The van der Waals surface area contributed by atoms with Crippen molar-refractivity contribution in [2.45, 2.75) is 77.2 Å². The van der Waals surface area contributed by atoms with Crippen LogP contribution < -0.4 is 0 Å². The van der Waals surface area contributed by atoms with Crippen LogP contribution in [0.25, 0.3) is 0 Å². The predicted octanol–water partition coefficient (Wildman–Crippen LogP) is 1.76. The fourth-order valence-corrected chi connectivity index (χ4v) is 3.78. The number of aliphatic hydroxyl groups is 1. The monoisotopic (exact) mass is 420 g/mol. The van der Waals surface area contributed by atoms with Crippen molar-refractivity contribution in [3.8, 4) is 0 Å². The van der Waals surface area contributed by atoms with Gasteiger partial charge in [-0.05, 0) is 51.0 Å². The Morgan fingerprint density at radius 1 is 1.23 bits per heavy atom. The topological polar surface area (TPSA) is 112 Å². The minimum atomic E-state index is -1.04. The summed E-state index contributed by atoms with van der Waals surface area (Å²) in [6.07, 6.45) is -0.176. The van der Waals surface area contributed by atoms with Crippen molar-refractivity contribution in [2.75, 3.05) is 0 Å². The fourth-order valence-electron chi connectivity index (χ4n) is 3.78. The van der Waals surface area contributed by atoms with Crippen molar-refractivity contribution in [1.82, 2.24) is 0 Å². The molecule has 0 bridgehead atoms. The Kier molecular flexibility index (Phi) is 5.93. The van der Waals surface area contributed by atoms with Crippen LogP contribution in [0.3, 0.4) is 0 Å². The number of carbonyl (C=O) groups is 3. The lowest BCUT2D eigenvalue weighted by Crippen LogP contribution is -2.37. The van der Waals surface area contributed by atoms with E-state index in [4.69, 9.17) is 18.9 Å². The third-order valence-corrected chi connectivity index (χ3v) is 6.04. The molecule has 2 fully saturated rings. The van der Waals surface area contributed by atoms with Crippen molar-refractivity contribution in [2.24, 2.45) is 5.92 Å². The summed E-state index contributed by atoms with van der Waals surface area (Å²) in [6, 6.07) is 0. The number of ether oxygens (including phenoxy) is 4. The van der Waals surface area contributed by atoms with Gasteiger partial charge in [0, 0.05) is 18.9 Å². The Morgan fingerprint density at radius 2 is 1.87 bits per heavy atom. The predicted molar refractivity (Wildman–Crippen MR) is 105 cm³/mol. The van der Waals surface area contributed by atoms with E-state index in [9.17, 15) is 19.5 Å². The third kappa shape index (κ3) is 4.20. The Balaban J connectivity index is 1.99. The Hall–Kier alpha value is -2.45. The molecule has 3 aliphatic rings. The first-order chi connectivity index (χ1) is 13.9. The van der Waals surface area contributed by atoms with Crippen LogP contribution in [-0.2, 0) is 33.3 Å². The molecule has 30 heavy (non-hydrogen) atoms. The van der Waals surface area contributed by atoms with Gasteiger partial charge in [0.15, 0.2) is 5.60 Å². The van der Waals surface area contributed by atoms with Crippen LogP contribution >= 0.6 is 0 Å². The lowest BCUT2D eigenvalue weighted by Gasteiger charge is -2.29. The smallest absolute Gasteiger partial charge is 0.341 e. The largest absolute Gasteiger partial charge is 0.458 e. The highest BCUT2D eigenvalue weighted by atomic mass is 16.7. The molecule has 0 unspecified atom stereocenters. The molecule has 164 valence electrons. The van der Waals surface area contributed by atoms with E-state index in [1.165, 1.54) is 6.92 Å². The van der Waals surface area contributed by atoms with Gasteiger partial charge in [-0.1, -0.05) is 6.58 Å². The standard InChI is InChI=1S/C22H28O8/c1-10-7-18(29-21(26)22(6)13(4)30-22)19-12(3)20(25)28-17(19)8-11(2)16(9-15(10)24)27-14(5)23/h7-8,13,15-19,24H,3,9H2,1-2,4-6H3/b10-7?,11-8-/t13-,15+,16+,17-,18-,19+,22-/m1/s1. The number of fused-ring (bicyclic) bond motifs is 1. The van der Waals surface area contributed by atoms with E-state index in [1.54, 1.807) is 39.8 Å². The van der Waals surface area contributed by atoms with Crippen LogP contribution in [-0.4, -0.2) is 59.1 Å². The summed E-state index contributed by atoms with van der Waals surface area (Å²) in [7, 11) is 0.